The highest BCUT2D eigenvalue weighted by molar-refractivity contribution is 7.10. The minimum Gasteiger partial charge on any atom is -0.321 e. The maximum atomic E-state index is 5.94. The molecule has 0 saturated heterocycles. The molecule has 2 aromatic rings. The van der Waals surface area contributed by atoms with E-state index in [1.54, 1.807) is 11.3 Å². The van der Waals surface area contributed by atoms with Gasteiger partial charge in [0.2, 0.25) is 0 Å². The van der Waals surface area contributed by atoms with Gasteiger partial charge in [0.25, 0.3) is 0 Å². The van der Waals surface area contributed by atoms with Gasteiger partial charge in [0, 0.05) is 17.3 Å². The smallest absolute Gasteiger partial charge is 0.0672 e. The van der Waals surface area contributed by atoms with Gasteiger partial charge in [-0.3, -0.25) is 4.68 Å². The predicted octanol–water partition coefficient (Wildman–Crippen LogP) is 2.95. The zero-order valence-corrected chi connectivity index (χ0v) is 8.48. The van der Waals surface area contributed by atoms with E-state index < -0.39 is 0 Å². The summed E-state index contributed by atoms with van der Waals surface area (Å²) in [5.74, 6) is 0. The number of nitrogens with zero attached hydrogens (tertiary/aromatic N) is 1. The summed E-state index contributed by atoms with van der Waals surface area (Å²) in [5.41, 5.74) is 3.21. The molecule has 0 aromatic carbocycles. The second-order valence-electron chi connectivity index (χ2n) is 2.62. The first kappa shape index (κ1) is 8.66. The lowest BCUT2D eigenvalue weighted by atomic mass is 10.5. The summed E-state index contributed by atoms with van der Waals surface area (Å²) in [5, 5.41) is 2.83. The number of halogens is 1. The molecule has 0 saturated carbocycles. The van der Waals surface area contributed by atoms with Crippen molar-refractivity contribution in [3.05, 3.63) is 45.9 Å². The van der Waals surface area contributed by atoms with Crippen LogP contribution in [-0.4, -0.2) is 4.68 Å². The molecule has 0 unspecified atom stereocenters. The molecule has 0 aliphatic heterocycles. The van der Waals surface area contributed by atoms with Crippen molar-refractivity contribution in [1.29, 1.82) is 0 Å². The zero-order valence-electron chi connectivity index (χ0n) is 6.90. The van der Waals surface area contributed by atoms with Gasteiger partial charge in [-0.25, -0.2) is 0 Å². The van der Waals surface area contributed by atoms with E-state index >= 15 is 0 Å². The van der Waals surface area contributed by atoms with Crippen LogP contribution in [0.1, 0.15) is 4.88 Å². The van der Waals surface area contributed by atoms with Crippen molar-refractivity contribution in [1.82, 2.24) is 4.68 Å². The second kappa shape index (κ2) is 3.85. The molecule has 0 fully saturated rings. The monoisotopic (exact) mass is 212 g/mol. The molecular weight excluding hydrogens is 204 g/mol. The van der Waals surface area contributed by atoms with Crippen LogP contribution in [0.2, 0.25) is 5.02 Å². The first-order valence-corrected chi connectivity index (χ1v) is 5.21. The largest absolute Gasteiger partial charge is 0.321 e. The zero-order chi connectivity index (χ0) is 9.10. The molecule has 4 heteroatoms. The number of hydrogen-bond acceptors (Lipinski definition) is 2. The van der Waals surface area contributed by atoms with Gasteiger partial charge in [-0.1, -0.05) is 11.6 Å². The fraction of sp³-hybridized carbons (Fsp3) is 0.111. The van der Waals surface area contributed by atoms with Crippen LogP contribution < -0.4 is 5.43 Å². The normalized spacial score (nSPS) is 10.2. The van der Waals surface area contributed by atoms with Gasteiger partial charge in [0.05, 0.1) is 11.6 Å². The molecule has 0 bridgehead atoms. The Bertz CT molecular complexity index is 367. The molecular formula is C9H9ClN2S. The number of aromatic nitrogens is 1. The van der Waals surface area contributed by atoms with Crippen molar-refractivity contribution in [2.45, 2.75) is 6.54 Å². The van der Waals surface area contributed by atoms with Gasteiger partial charge in [0.1, 0.15) is 0 Å². The summed E-state index contributed by atoms with van der Waals surface area (Å²) in [6.07, 6.45) is 3.92. The molecule has 2 heterocycles. The van der Waals surface area contributed by atoms with E-state index in [1.807, 2.05) is 40.6 Å². The van der Waals surface area contributed by atoms with Crippen LogP contribution in [0, 0.1) is 0 Å². The summed E-state index contributed by atoms with van der Waals surface area (Å²) < 4.78 is 1.91. The quantitative estimate of drug-likeness (QED) is 0.828. The molecule has 2 rings (SSSR count). The lowest BCUT2D eigenvalue weighted by Gasteiger charge is -2.05. The molecule has 0 atom stereocenters. The average Bonchev–Trinajstić information content (AvgIpc) is 2.72. The van der Waals surface area contributed by atoms with Crippen molar-refractivity contribution in [2.75, 3.05) is 5.43 Å². The van der Waals surface area contributed by atoms with Crippen LogP contribution in [0.4, 0.5) is 0 Å². The summed E-state index contributed by atoms with van der Waals surface area (Å²) in [6.45, 7) is 0.769. The highest BCUT2D eigenvalue weighted by Crippen LogP contribution is 2.21. The maximum absolute atomic E-state index is 5.94. The Kier molecular flexibility index (Phi) is 2.57. The molecule has 2 aromatic heterocycles. The summed E-state index contributed by atoms with van der Waals surface area (Å²) >= 11 is 7.60. The van der Waals surface area contributed by atoms with E-state index in [0.29, 0.717) is 0 Å². The summed E-state index contributed by atoms with van der Waals surface area (Å²) in [6, 6.07) is 5.87. The van der Waals surface area contributed by atoms with Crippen LogP contribution in [-0.2, 0) is 6.54 Å². The van der Waals surface area contributed by atoms with Gasteiger partial charge in [0.15, 0.2) is 0 Å². The van der Waals surface area contributed by atoms with Gasteiger partial charge >= 0.3 is 0 Å². The number of rotatable bonds is 3. The summed E-state index contributed by atoms with van der Waals surface area (Å²) in [7, 11) is 0. The third-order valence-corrected chi connectivity index (χ3v) is 3.10. The third-order valence-electron chi connectivity index (χ3n) is 1.72. The maximum Gasteiger partial charge on any atom is 0.0672 e. The van der Waals surface area contributed by atoms with Crippen molar-refractivity contribution < 1.29 is 0 Å². The molecule has 68 valence electrons. The number of hydrogen-bond donors (Lipinski definition) is 1. The van der Waals surface area contributed by atoms with E-state index in [0.717, 1.165) is 16.4 Å². The number of thiophene rings is 1. The van der Waals surface area contributed by atoms with Crippen molar-refractivity contribution in [3.8, 4) is 0 Å². The van der Waals surface area contributed by atoms with Gasteiger partial charge in [-0.05, 0) is 23.6 Å². The van der Waals surface area contributed by atoms with E-state index in [-0.39, 0.29) is 0 Å². The highest BCUT2D eigenvalue weighted by atomic mass is 35.5. The van der Waals surface area contributed by atoms with Crippen molar-refractivity contribution >= 4 is 22.9 Å². The molecule has 2 nitrogen and oxygen atoms in total. The van der Waals surface area contributed by atoms with Gasteiger partial charge in [-0.2, -0.15) is 0 Å². The summed E-state index contributed by atoms with van der Waals surface area (Å²) in [4.78, 5) is 1.16. The van der Waals surface area contributed by atoms with Crippen LogP contribution in [0.15, 0.2) is 36.0 Å². The van der Waals surface area contributed by atoms with Crippen LogP contribution >= 0.6 is 22.9 Å². The third kappa shape index (κ3) is 2.05. The lowest BCUT2D eigenvalue weighted by Crippen LogP contribution is -2.10. The van der Waals surface area contributed by atoms with Crippen LogP contribution in [0.25, 0.3) is 0 Å². The highest BCUT2D eigenvalue weighted by Gasteiger charge is 1.99. The predicted molar refractivity (Wildman–Crippen MR) is 56.8 cm³/mol. The molecule has 0 spiro atoms. The van der Waals surface area contributed by atoms with E-state index in [2.05, 4.69) is 5.43 Å². The fourth-order valence-electron chi connectivity index (χ4n) is 1.05. The molecule has 0 radical (unpaired) electrons. The van der Waals surface area contributed by atoms with Gasteiger partial charge < -0.3 is 5.43 Å². The SMILES string of the molecule is Clc1ccsc1CNn1cccc1. The fourth-order valence-corrected chi connectivity index (χ4v) is 2.09. The number of nitrogens with one attached hydrogen (secondary N) is 1. The van der Waals surface area contributed by atoms with Crippen LogP contribution in [0.5, 0.6) is 0 Å². The van der Waals surface area contributed by atoms with Crippen molar-refractivity contribution in [2.24, 2.45) is 0 Å². The topological polar surface area (TPSA) is 17.0 Å². The standard InChI is InChI=1S/C9H9ClN2S/c10-8-3-6-13-9(8)7-11-12-4-1-2-5-12/h1-6,11H,7H2. The van der Waals surface area contributed by atoms with E-state index in [4.69, 9.17) is 11.6 Å². The Hall–Kier alpha value is -0.930. The Morgan fingerprint density at radius 2 is 2.15 bits per heavy atom. The molecule has 13 heavy (non-hydrogen) atoms. The first-order valence-electron chi connectivity index (χ1n) is 3.95. The Morgan fingerprint density at radius 3 is 2.77 bits per heavy atom. The molecule has 0 aliphatic carbocycles. The Labute approximate surface area is 85.7 Å². The van der Waals surface area contributed by atoms with E-state index in [9.17, 15) is 0 Å². The average molecular weight is 213 g/mol. The van der Waals surface area contributed by atoms with E-state index in [1.165, 1.54) is 0 Å². The minimum atomic E-state index is 0.769. The molecule has 1 N–H and O–H groups in total. The lowest BCUT2D eigenvalue weighted by molar-refractivity contribution is 0.855. The minimum absolute atomic E-state index is 0.769. The van der Waals surface area contributed by atoms with Crippen molar-refractivity contribution in [3.63, 3.8) is 0 Å². The molecule has 0 aliphatic rings. The second-order valence-corrected chi connectivity index (χ2v) is 4.02. The first-order chi connectivity index (χ1) is 6.36. The Balaban J connectivity index is 1.97. The van der Waals surface area contributed by atoms with Crippen LogP contribution in [0.3, 0.4) is 0 Å². The molecule has 0 amide bonds. The van der Waals surface area contributed by atoms with Gasteiger partial charge in [-0.15, -0.1) is 11.3 Å². The Morgan fingerprint density at radius 1 is 1.38 bits per heavy atom.